The lowest BCUT2D eigenvalue weighted by Gasteiger charge is -2.44. The van der Waals surface area contributed by atoms with Crippen LogP contribution in [0.2, 0.25) is 0 Å². The highest BCUT2D eigenvalue weighted by atomic mass is 16.3. The Balaban J connectivity index is 1.48. The average Bonchev–Trinajstić information content (AvgIpc) is 3.49. The van der Waals surface area contributed by atoms with Crippen LogP contribution in [0.5, 0.6) is 0 Å². The highest BCUT2D eigenvalue weighted by Gasteiger charge is 2.50. The van der Waals surface area contributed by atoms with Crippen molar-refractivity contribution in [2.75, 3.05) is 0 Å². The second-order valence-corrected chi connectivity index (χ2v) is 10.7. The molecule has 0 radical (unpaired) electrons. The van der Waals surface area contributed by atoms with Crippen LogP contribution in [-0.4, -0.2) is 33.6 Å². The lowest BCUT2D eigenvalue weighted by atomic mass is 9.61. The fourth-order valence-corrected chi connectivity index (χ4v) is 6.63. The summed E-state index contributed by atoms with van der Waals surface area (Å²) in [6.07, 6.45) is 16.9. The van der Waals surface area contributed by atoms with Gasteiger partial charge in [0.25, 0.3) is 0 Å². The number of hydrogen-bond acceptors (Lipinski definition) is 3. The summed E-state index contributed by atoms with van der Waals surface area (Å²) in [5, 5.41) is 30.4. The Labute approximate surface area is 182 Å². The predicted molar refractivity (Wildman–Crippen MR) is 122 cm³/mol. The molecule has 4 saturated carbocycles. The monoisotopic (exact) mass is 412 g/mol. The third kappa shape index (κ3) is 4.40. The first-order valence-corrected chi connectivity index (χ1v) is 12.1. The molecule has 0 aromatic rings. The van der Waals surface area contributed by atoms with Gasteiger partial charge in [0.05, 0.1) is 18.3 Å². The first-order chi connectivity index (χ1) is 14.3. The van der Waals surface area contributed by atoms with Crippen molar-refractivity contribution >= 4 is 0 Å². The maximum Gasteiger partial charge on any atom is 0.0811 e. The predicted octanol–water partition coefficient (Wildman–Crippen LogP) is 5.09. The molecule has 3 heteroatoms. The quantitative estimate of drug-likeness (QED) is 0.551. The zero-order chi connectivity index (χ0) is 21.5. The fourth-order valence-electron chi connectivity index (χ4n) is 6.63. The largest absolute Gasteiger partial charge is 0.393 e. The minimum atomic E-state index is -0.621. The minimum Gasteiger partial charge on any atom is -0.393 e. The summed E-state index contributed by atoms with van der Waals surface area (Å²) in [4.78, 5) is 0. The van der Waals surface area contributed by atoms with E-state index < -0.39 is 12.2 Å². The van der Waals surface area contributed by atoms with E-state index in [0.717, 1.165) is 17.6 Å². The van der Waals surface area contributed by atoms with Crippen LogP contribution in [-0.2, 0) is 0 Å². The van der Waals surface area contributed by atoms with E-state index >= 15 is 0 Å². The molecule has 4 rings (SSSR count). The van der Waals surface area contributed by atoms with Crippen LogP contribution in [0.4, 0.5) is 0 Å². The maximum atomic E-state index is 10.2. The molecule has 3 N–H and O–H groups in total. The van der Waals surface area contributed by atoms with Gasteiger partial charge in [-0.3, -0.25) is 0 Å². The molecule has 4 aliphatic carbocycles. The molecule has 3 nitrogen and oxygen atoms in total. The minimum absolute atomic E-state index is 0.250. The smallest absolute Gasteiger partial charge is 0.0811 e. The van der Waals surface area contributed by atoms with Gasteiger partial charge in [-0.05, 0) is 91.6 Å². The SMILES string of the molecule is C=C1/C(=C/C=C2\CCCC3(C)C2CCC3[C@H](C)/C=C/[C@H](O)C2CC2)C[C@@H](O)C[C@@H]1O. The number of fused-ring (bicyclic) bond motifs is 1. The van der Waals surface area contributed by atoms with Gasteiger partial charge in [-0.15, -0.1) is 0 Å². The molecule has 0 aromatic heterocycles. The summed E-state index contributed by atoms with van der Waals surface area (Å²) in [7, 11) is 0. The van der Waals surface area contributed by atoms with Gasteiger partial charge < -0.3 is 15.3 Å². The summed E-state index contributed by atoms with van der Waals surface area (Å²) in [5.74, 6) is 2.28. The Hall–Kier alpha value is -1.16. The van der Waals surface area contributed by atoms with Crippen LogP contribution in [0.1, 0.15) is 71.6 Å². The second kappa shape index (κ2) is 8.76. The Kier molecular flexibility index (Phi) is 6.44. The number of aliphatic hydroxyl groups excluding tert-OH is 3. The summed E-state index contributed by atoms with van der Waals surface area (Å²) in [6.45, 7) is 8.88. The molecule has 0 bridgehead atoms. The standard InChI is InChI=1S/C27H40O3/c1-17(6-13-25(29)20-8-9-20)23-11-12-24-19(5-4-14-27(23,24)3)7-10-21-15-22(28)16-26(30)18(21)2/h6-7,10,13,17,20,22-26,28-30H,2,4-5,8-9,11-12,14-16H2,1,3H3/b13-6+,19-7+,21-10+/t17-,22-,23?,24?,25+,26+,27?/m1/s1. The summed E-state index contributed by atoms with van der Waals surface area (Å²) in [6, 6.07) is 0. The zero-order valence-electron chi connectivity index (χ0n) is 18.8. The highest BCUT2D eigenvalue weighted by Crippen LogP contribution is 2.59. The van der Waals surface area contributed by atoms with E-state index in [4.69, 9.17) is 0 Å². The van der Waals surface area contributed by atoms with Gasteiger partial charge in [-0.25, -0.2) is 0 Å². The van der Waals surface area contributed by atoms with E-state index in [2.05, 4.69) is 44.7 Å². The van der Waals surface area contributed by atoms with Crippen LogP contribution >= 0.6 is 0 Å². The van der Waals surface area contributed by atoms with Crippen molar-refractivity contribution in [3.8, 4) is 0 Å². The number of hydrogen-bond donors (Lipinski definition) is 3. The molecule has 4 fully saturated rings. The van der Waals surface area contributed by atoms with E-state index in [0.29, 0.717) is 41.9 Å². The van der Waals surface area contributed by atoms with Crippen molar-refractivity contribution < 1.29 is 15.3 Å². The molecular formula is C27H40O3. The zero-order valence-corrected chi connectivity index (χ0v) is 18.8. The Morgan fingerprint density at radius 3 is 2.60 bits per heavy atom. The van der Waals surface area contributed by atoms with Crippen LogP contribution in [0.25, 0.3) is 0 Å². The summed E-state index contributed by atoms with van der Waals surface area (Å²) in [5.41, 5.74) is 3.63. The molecular weight excluding hydrogens is 372 g/mol. The molecule has 7 atom stereocenters. The first-order valence-electron chi connectivity index (χ1n) is 12.1. The second-order valence-electron chi connectivity index (χ2n) is 10.7. The average molecular weight is 413 g/mol. The lowest BCUT2D eigenvalue weighted by molar-refractivity contribution is 0.0862. The van der Waals surface area contributed by atoms with E-state index in [1.165, 1.54) is 44.1 Å². The van der Waals surface area contributed by atoms with Gasteiger partial charge in [0, 0.05) is 6.42 Å². The van der Waals surface area contributed by atoms with Gasteiger partial charge in [0.15, 0.2) is 0 Å². The molecule has 0 heterocycles. The van der Waals surface area contributed by atoms with Crippen molar-refractivity contribution in [3.63, 3.8) is 0 Å². The van der Waals surface area contributed by atoms with E-state index in [1.54, 1.807) is 0 Å². The van der Waals surface area contributed by atoms with Gasteiger partial charge in [-0.2, -0.15) is 0 Å². The van der Waals surface area contributed by atoms with Crippen LogP contribution in [0.3, 0.4) is 0 Å². The Bertz CT molecular complexity index is 743. The molecule has 0 saturated heterocycles. The Morgan fingerprint density at radius 2 is 1.87 bits per heavy atom. The molecule has 0 spiro atoms. The van der Waals surface area contributed by atoms with Gasteiger partial charge in [0.1, 0.15) is 0 Å². The molecule has 3 unspecified atom stereocenters. The number of aliphatic hydroxyl groups is 3. The van der Waals surface area contributed by atoms with Crippen molar-refractivity contribution in [3.05, 3.63) is 47.6 Å². The lowest BCUT2D eigenvalue weighted by Crippen LogP contribution is -2.35. The highest BCUT2D eigenvalue weighted by molar-refractivity contribution is 5.38. The fraction of sp³-hybridized carbons (Fsp3) is 0.704. The third-order valence-electron chi connectivity index (χ3n) is 8.65. The van der Waals surface area contributed by atoms with Crippen LogP contribution < -0.4 is 0 Å². The van der Waals surface area contributed by atoms with Gasteiger partial charge in [-0.1, -0.05) is 50.3 Å². The third-order valence-corrected chi connectivity index (χ3v) is 8.65. The van der Waals surface area contributed by atoms with Gasteiger partial charge >= 0.3 is 0 Å². The van der Waals surface area contributed by atoms with Crippen molar-refractivity contribution in [2.24, 2.45) is 29.1 Å². The number of rotatable bonds is 5. The van der Waals surface area contributed by atoms with Crippen LogP contribution in [0, 0.1) is 29.1 Å². The Morgan fingerprint density at radius 1 is 1.10 bits per heavy atom. The van der Waals surface area contributed by atoms with Crippen molar-refractivity contribution in [1.82, 2.24) is 0 Å². The van der Waals surface area contributed by atoms with Gasteiger partial charge in [0.2, 0.25) is 0 Å². The summed E-state index contributed by atoms with van der Waals surface area (Å²) < 4.78 is 0. The summed E-state index contributed by atoms with van der Waals surface area (Å²) >= 11 is 0. The molecule has 4 aliphatic rings. The van der Waals surface area contributed by atoms with Crippen molar-refractivity contribution in [2.45, 2.75) is 89.9 Å². The molecule has 0 amide bonds. The normalized spacial score (nSPS) is 42.1. The number of allylic oxidation sites excluding steroid dienone is 4. The molecule has 0 aromatic carbocycles. The van der Waals surface area contributed by atoms with Crippen LogP contribution in [0.15, 0.2) is 47.6 Å². The molecule has 166 valence electrons. The van der Waals surface area contributed by atoms with Crippen molar-refractivity contribution in [1.29, 1.82) is 0 Å². The first kappa shape index (κ1) is 22.0. The molecule has 30 heavy (non-hydrogen) atoms. The topological polar surface area (TPSA) is 60.7 Å². The van der Waals surface area contributed by atoms with E-state index in [-0.39, 0.29) is 6.10 Å². The molecule has 0 aliphatic heterocycles. The maximum absolute atomic E-state index is 10.2. The van der Waals surface area contributed by atoms with E-state index in [1.807, 2.05) is 0 Å². The van der Waals surface area contributed by atoms with E-state index in [9.17, 15) is 15.3 Å².